The maximum absolute atomic E-state index is 13.3. The molecule has 133 heavy (non-hydrogen) atoms. The summed E-state index contributed by atoms with van der Waals surface area (Å²) in [6.45, 7) is -9.66. The Bertz CT molecular complexity index is 3780. The maximum atomic E-state index is 13.3. The molecule has 0 bridgehead atoms. The van der Waals surface area contributed by atoms with Gasteiger partial charge in [0, 0.05) is 47.1 Å². The fraction of sp³-hybridized carbons (Fsp3) is 0.915. The van der Waals surface area contributed by atoms with Crippen LogP contribution >= 0.6 is 7.82 Å². The first kappa shape index (κ1) is 112. The molecule has 9 rings (SSSR count). The molecule has 0 aromatic carbocycles. The normalized spacial score (nSPS) is 44.7. The molecule has 49 atom stereocenters. The van der Waals surface area contributed by atoms with E-state index in [1.807, 2.05) is 0 Å². The van der Waals surface area contributed by atoms with E-state index < -0.39 is 422 Å². The Labute approximate surface area is 750 Å². The molecule has 9 fully saturated rings. The second-order valence-electron chi connectivity index (χ2n) is 32.5. The lowest BCUT2D eigenvalue weighted by Crippen LogP contribution is -2.71. The molecule has 0 radical (unpaired) electrons. The summed E-state index contributed by atoms with van der Waals surface area (Å²) in [6.07, 6.45) is -106. The van der Waals surface area contributed by atoms with E-state index in [9.17, 15) is 186 Å². The van der Waals surface area contributed by atoms with Crippen LogP contribution in [0.5, 0.6) is 0 Å². The topological polar surface area (TPSA) is 973 Å². The van der Waals surface area contributed by atoms with Gasteiger partial charge in [-0.2, -0.15) is 0 Å². The Balaban J connectivity index is 1.03. The molecule has 770 valence electrons. The number of hydrogen-bond acceptors (Lipinski definition) is 55. The van der Waals surface area contributed by atoms with E-state index in [4.69, 9.17) is 100 Å². The van der Waals surface area contributed by atoms with Crippen molar-refractivity contribution in [2.75, 3.05) is 72.6 Å². The number of esters is 1. The van der Waals surface area contributed by atoms with E-state index in [-0.39, 0.29) is 0 Å². The van der Waals surface area contributed by atoms with Crippen molar-refractivity contribution in [3.05, 3.63) is 0 Å². The number of aliphatic hydroxyl groups excluding tert-OH is 26. The zero-order valence-electron chi connectivity index (χ0n) is 70.7. The van der Waals surface area contributed by atoms with Gasteiger partial charge in [-0.05, 0) is 0 Å². The predicted octanol–water partition coefficient (Wildman–Crippen LogP) is -21.8. The van der Waals surface area contributed by atoms with Crippen LogP contribution in [0.2, 0.25) is 0 Å². The van der Waals surface area contributed by atoms with E-state index in [1.54, 1.807) is 0 Å². The van der Waals surface area contributed by atoms with Gasteiger partial charge in [-0.15, -0.1) is 0 Å². The number of nitrogens with one attached hydrogen (secondary N) is 3. The standard InChI is InChI=1S/C71H119N4O57P/c1-18(85)73-33-22(89)8-71(69(108)109,130-55(33)36(94)24(91)9-76)131-57-38(96)28(13-80)116-65(46(57)104)122-52-30(15-82)118-61(35(40(52)98)75-20(3)87)125-56-37(95)27(12-79)115-64(45(56)103)123-53-31(16-83)119-63(44(102)43(53)101)128-60-49(25(92)10-77)121-66(120-48-23(90)7-70(110,68(106)107)129-50(48)26(93)11-78)47(105)58(60)126-67-59(42(100)41(99)54(124-67)32(17-84)132-133(111,112)113-6-5-72)127-62-34(74-19(2)86)39(97)51(114-21(4)88)29(14-81)117-62/h22-67,76-84,89-105,110H,5-17,72H2,1-4H3,(H,73,85)(H,74,86)(H,75,87)(H,106,107)(H,108,109)(H,111,112)/t22-,23+,24+,25-,26+,27+,28+,29+,30+,31+,32-,33+,34+,35+,36+,37-,38-,39+,40+,41-,42-,43+,44+,45+,46+,47-,48+,49+,50+,51+,52+,53+,54+,55+,56-,57-,58+,59-,60+,61-,62+,63-,64-,65-,66-,67+,70+,71-/m0/s1. The summed E-state index contributed by atoms with van der Waals surface area (Å²) in [5.74, 6) is -15.1. The molecule has 35 N–H and O–H groups in total. The van der Waals surface area contributed by atoms with Crippen LogP contribution < -0.4 is 21.7 Å². The van der Waals surface area contributed by atoms with Crippen LogP contribution in [-0.2, 0) is 128 Å². The van der Waals surface area contributed by atoms with E-state index in [2.05, 4.69) is 16.0 Å². The molecule has 0 aromatic rings. The Morgan fingerprint density at radius 3 is 1.32 bits per heavy atom. The largest absolute Gasteiger partial charge is 0.477 e. The van der Waals surface area contributed by atoms with Gasteiger partial charge in [0.05, 0.1) is 84.3 Å². The quantitative estimate of drug-likeness (QED) is 0.0200. The summed E-state index contributed by atoms with van der Waals surface area (Å²) in [5, 5.41) is 334. The van der Waals surface area contributed by atoms with Crippen LogP contribution in [0.25, 0.3) is 0 Å². The van der Waals surface area contributed by atoms with Gasteiger partial charge in [0.15, 0.2) is 50.1 Å². The highest BCUT2D eigenvalue weighted by atomic mass is 31.2. The molecular formula is C71H119N4O57P. The molecule has 62 heteroatoms. The van der Waals surface area contributed by atoms with E-state index in [0.29, 0.717) is 0 Å². The smallest absolute Gasteiger partial charge is 0.472 e. The summed E-state index contributed by atoms with van der Waals surface area (Å²) < 4.78 is 129. The van der Waals surface area contributed by atoms with Gasteiger partial charge in [-0.1, -0.05) is 0 Å². The van der Waals surface area contributed by atoms with E-state index in [1.165, 1.54) is 0 Å². The molecule has 61 nitrogen and oxygen atoms in total. The number of phosphoric ester groups is 1. The average Bonchev–Trinajstić information content (AvgIpc) is 0.746. The predicted molar refractivity (Wildman–Crippen MR) is 406 cm³/mol. The van der Waals surface area contributed by atoms with Gasteiger partial charge < -0.3 is 260 Å². The lowest BCUT2D eigenvalue weighted by molar-refractivity contribution is -0.415. The van der Waals surface area contributed by atoms with Crippen LogP contribution in [0.3, 0.4) is 0 Å². The highest BCUT2D eigenvalue weighted by Gasteiger charge is 2.66. The zero-order valence-corrected chi connectivity index (χ0v) is 71.6. The van der Waals surface area contributed by atoms with Gasteiger partial charge in [0.1, 0.15) is 214 Å². The minimum Gasteiger partial charge on any atom is -0.477 e. The van der Waals surface area contributed by atoms with Crippen LogP contribution in [0.1, 0.15) is 40.5 Å². The lowest BCUT2D eigenvalue weighted by atomic mass is 9.88. The maximum Gasteiger partial charge on any atom is 0.472 e. The van der Waals surface area contributed by atoms with Crippen molar-refractivity contribution in [2.45, 2.75) is 334 Å². The molecule has 0 aromatic heterocycles. The van der Waals surface area contributed by atoms with Gasteiger partial charge in [0.25, 0.3) is 11.6 Å². The zero-order chi connectivity index (χ0) is 99.0. The van der Waals surface area contributed by atoms with Crippen LogP contribution in [0, 0.1) is 0 Å². The molecule has 9 aliphatic heterocycles. The summed E-state index contributed by atoms with van der Waals surface area (Å²) in [7, 11) is -5.47. The van der Waals surface area contributed by atoms with Crippen molar-refractivity contribution in [1.82, 2.24) is 16.0 Å². The number of carboxylic acid groups (broad SMARTS) is 2. The number of aliphatic carboxylic acids is 2. The van der Waals surface area contributed by atoms with E-state index in [0.717, 1.165) is 27.7 Å². The molecule has 0 aliphatic carbocycles. The number of phosphoric acid groups is 1. The molecule has 9 saturated heterocycles. The second-order valence-corrected chi connectivity index (χ2v) is 33.9. The lowest BCUT2D eigenvalue weighted by Gasteiger charge is -2.52. The third-order valence-corrected chi connectivity index (χ3v) is 24.1. The number of amides is 3. The summed E-state index contributed by atoms with van der Waals surface area (Å²) >= 11 is 0. The Hall–Kier alpha value is -4.87. The minimum absolute atomic E-state index is 0.447. The first-order chi connectivity index (χ1) is 62.5. The molecule has 9 aliphatic rings. The van der Waals surface area contributed by atoms with Gasteiger partial charge >= 0.3 is 25.7 Å². The monoisotopic (exact) mass is 1970 g/mol. The molecule has 0 spiro atoms. The van der Waals surface area contributed by atoms with Crippen molar-refractivity contribution in [3.8, 4) is 0 Å². The SMILES string of the molecule is CC(=O)N[C@H]1[C@@H](O[C@@H]2[C@@H](O[C@@H]3[C@H](O)[C@@H](O[C@H]4[C@@H]([C@H](O)CO)O[C@@](O)(C(=O)O)C[C@H]4O)O[C@H]([C@@H](O)CO)[C@H]3O[C@@H]3O[C@H](CO)[C@@H](O[C@@H]4O[C@H](CO)[C@H](O)[C@H](O[C@@H]5O[C@H](CO)[C@@H](O[C@@H]6O[C@H](CO)[C@H](O)[C@H](O[C@]7(C(=O)O)C[C@H](O)[C@@H](NC(C)=O)[C@H]([C@H](O)[C@H](O)CO)O7)[C@H]6O)[C@H](O)[C@H]5NC(C)=O)[C@H]4O)[C@H](O)[C@H]3O)O[C@H]([C@H](CO)OP(=O)(O)OCCN)[C@@H](O)[C@@H]2O)O[C@H](CO)[C@@H](OC(C)=O)[C@@H]1O. The Morgan fingerprint density at radius 2 is 0.827 bits per heavy atom. The number of carbonyl (C=O) groups is 6. The minimum atomic E-state index is -5.47. The van der Waals surface area contributed by atoms with Crippen LogP contribution in [0.15, 0.2) is 0 Å². The number of carboxylic acids is 2. The van der Waals surface area contributed by atoms with Crippen molar-refractivity contribution in [2.24, 2.45) is 5.73 Å². The molecule has 9 heterocycles. The third kappa shape index (κ3) is 25.4. The Morgan fingerprint density at radius 1 is 0.406 bits per heavy atom. The molecule has 0 saturated carbocycles. The van der Waals surface area contributed by atoms with Crippen molar-refractivity contribution in [1.29, 1.82) is 0 Å². The van der Waals surface area contributed by atoms with Gasteiger partial charge in [-0.25, -0.2) is 14.2 Å². The molecule has 1 unspecified atom stereocenters. The molecular weight excluding hydrogens is 1850 g/mol. The Kier molecular flexibility index (Phi) is 40.4. The highest BCUT2D eigenvalue weighted by molar-refractivity contribution is 7.47. The summed E-state index contributed by atoms with van der Waals surface area (Å²) in [6, 6.07) is -5.87. The number of rotatable bonds is 41. The fourth-order valence-electron chi connectivity index (χ4n) is 16.5. The third-order valence-electron chi connectivity index (χ3n) is 23.1. The van der Waals surface area contributed by atoms with Crippen molar-refractivity contribution in [3.63, 3.8) is 0 Å². The average molecular weight is 1970 g/mol. The summed E-state index contributed by atoms with van der Waals surface area (Å²) in [4.78, 5) is 86.8. The number of aliphatic hydroxyl groups is 27. The number of nitrogens with two attached hydrogens (primary N) is 1. The van der Waals surface area contributed by atoms with Crippen molar-refractivity contribution < 1.29 is 281 Å². The van der Waals surface area contributed by atoms with Gasteiger partial charge in [-0.3, -0.25) is 28.2 Å². The first-order valence-electron chi connectivity index (χ1n) is 41.3. The number of ether oxygens (including phenoxy) is 18. The van der Waals surface area contributed by atoms with E-state index >= 15 is 0 Å². The number of carbonyl (C=O) groups excluding carboxylic acids is 4. The highest BCUT2D eigenvalue weighted by Crippen LogP contribution is 2.48. The van der Waals surface area contributed by atoms with Gasteiger partial charge in [0.2, 0.25) is 17.7 Å². The fourth-order valence-corrected chi connectivity index (χ4v) is 17.4. The summed E-state index contributed by atoms with van der Waals surface area (Å²) in [5.41, 5.74) is 5.44. The van der Waals surface area contributed by atoms with Crippen molar-refractivity contribution >= 4 is 43.5 Å². The van der Waals surface area contributed by atoms with Crippen LogP contribution in [-0.4, -0.2) is 555 Å². The number of hydrogen-bond donors (Lipinski definition) is 34. The molecule has 3 amide bonds. The second kappa shape index (κ2) is 48.1. The van der Waals surface area contributed by atoms with Crippen LogP contribution in [0.4, 0.5) is 0 Å². The first-order valence-corrected chi connectivity index (χ1v) is 42.8.